The average Bonchev–Trinajstić information content (AvgIpc) is 3.00. The molecule has 0 unspecified atom stereocenters. The van der Waals surface area contributed by atoms with Gasteiger partial charge in [-0.3, -0.25) is 4.98 Å². The Labute approximate surface area is 234 Å². The molecule has 0 bridgehead atoms. The molecular weight excluding hydrogens is 474 g/mol. The predicted molar refractivity (Wildman–Crippen MR) is 167 cm³/mol. The van der Waals surface area contributed by atoms with Crippen molar-refractivity contribution in [3.05, 3.63) is 115 Å². The first-order valence-electron chi connectivity index (χ1n) is 14.4. The normalized spacial score (nSPS) is 13.7. The lowest BCUT2D eigenvalue weighted by Gasteiger charge is -2.34. The van der Waals surface area contributed by atoms with Gasteiger partial charge in [-0.25, -0.2) is 0 Å². The van der Waals surface area contributed by atoms with Gasteiger partial charge in [-0.2, -0.15) is 0 Å². The number of aryl methyl sites for hydroxylation is 1. The van der Waals surface area contributed by atoms with Crippen LogP contribution >= 0.6 is 0 Å². The second-order valence-corrected chi connectivity index (χ2v) is 11.0. The van der Waals surface area contributed by atoms with Gasteiger partial charge in [-0.1, -0.05) is 87.4 Å². The van der Waals surface area contributed by atoms with Gasteiger partial charge in [0, 0.05) is 49.0 Å². The Balaban J connectivity index is 1.43. The molecule has 0 N–H and O–H groups in total. The first-order chi connectivity index (χ1) is 19.0. The van der Waals surface area contributed by atoms with E-state index in [-0.39, 0.29) is 0 Å². The molecule has 1 aromatic heterocycles. The van der Waals surface area contributed by atoms with Crippen LogP contribution in [0.1, 0.15) is 50.3 Å². The van der Waals surface area contributed by atoms with Crippen LogP contribution in [0.4, 0.5) is 11.4 Å². The Bertz CT molecular complexity index is 1380. The summed E-state index contributed by atoms with van der Waals surface area (Å²) in [6.07, 6.45) is 7.34. The molecule has 0 spiro atoms. The van der Waals surface area contributed by atoms with E-state index in [0.29, 0.717) is 5.92 Å². The molecule has 5 rings (SSSR count). The zero-order chi connectivity index (χ0) is 27.2. The third-order valence-corrected chi connectivity index (χ3v) is 8.06. The average molecular weight is 516 g/mol. The molecule has 0 aliphatic heterocycles. The van der Waals surface area contributed by atoms with Crippen LogP contribution in [-0.4, -0.2) is 19.1 Å². The molecule has 3 aromatic carbocycles. The Morgan fingerprint density at radius 3 is 2.10 bits per heavy atom. The van der Waals surface area contributed by atoms with Crippen LogP contribution in [0, 0.1) is 5.92 Å². The Morgan fingerprint density at radius 2 is 1.44 bits per heavy atom. The Hall–Kier alpha value is -3.85. The summed E-state index contributed by atoms with van der Waals surface area (Å²) in [5.41, 5.74) is 10.7. The van der Waals surface area contributed by atoms with Crippen LogP contribution in [0.2, 0.25) is 0 Å². The number of hydrogen-bond donors (Lipinski definition) is 0. The molecule has 3 heteroatoms. The fourth-order valence-electron chi connectivity index (χ4n) is 5.62. The number of nitrogens with zero attached hydrogens (tertiary/aromatic N) is 3. The minimum atomic E-state index is 0.540. The maximum absolute atomic E-state index is 4.89. The van der Waals surface area contributed by atoms with E-state index in [9.17, 15) is 0 Å². The van der Waals surface area contributed by atoms with Crippen molar-refractivity contribution in [3.63, 3.8) is 0 Å². The van der Waals surface area contributed by atoms with Crippen LogP contribution in [0.15, 0.2) is 103 Å². The summed E-state index contributed by atoms with van der Waals surface area (Å²) in [6.45, 7) is 7.64. The molecule has 3 nitrogen and oxygen atoms in total. The quantitative estimate of drug-likeness (QED) is 0.221. The number of benzene rings is 3. The highest BCUT2D eigenvalue weighted by Gasteiger charge is 2.22. The van der Waals surface area contributed by atoms with E-state index >= 15 is 0 Å². The SMILES string of the molecule is C=C(C1CCCCC1)N(Cc1ccc(-c2ccc(N(C)C)cc2)cc1)c1cccc(-c2cccc(CC)n2)c1. The number of allylic oxidation sites excluding steroid dienone is 1. The lowest BCUT2D eigenvalue weighted by atomic mass is 9.86. The molecule has 0 saturated heterocycles. The maximum Gasteiger partial charge on any atom is 0.0706 e. The van der Waals surface area contributed by atoms with Crippen LogP contribution < -0.4 is 9.80 Å². The van der Waals surface area contributed by atoms with Gasteiger partial charge in [-0.15, -0.1) is 0 Å². The molecule has 1 heterocycles. The summed E-state index contributed by atoms with van der Waals surface area (Å²) >= 11 is 0. The molecule has 200 valence electrons. The molecule has 1 saturated carbocycles. The van der Waals surface area contributed by atoms with Gasteiger partial charge in [0.2, 0.25) is 0 Å². The van der Waals surface area contributed by atoms with Gasteiger partial charge < -0.3 is 9.80 Å². The topological polar surface area (TPSA) is 19.4 Å². The standard InChI is InChI=1S/C36H41N3/c1-5-33-14-10-16-36(37-33)32-13-9-15-35(25-32)39(27(2)29-11-7-6-8-12-29)26-28-17-19-30(20-18-28)31-21-23-34(24-22-31)38(3)4/h9-10,13-25,29H,2,5-8,11-12,26H2,1,3-4H3. The predicted octanol–water partition coefficient (Wildman–Crippen LogP) is 9.14. The van der Waals surface area contributed by atoms with Crippen LogP contribution in [0.3, 0.4) is 0 Å². The molecule has 4 aromatic rings. The monoisotopic (exact) mass is 515 g/mol. The van der Waals surface area contributed by atoms with Gasteiger partial charge in [0.05, 0.1) is 5.69 Å². The van der Waals surface area contributed by atoms with E-state index in [1.807, 2.05) is 0 Å². The van der Waals surface area contributed by atoms with E-state index in [0.717, 1.165) is 29.9 Å². The zero-order valence-corrected chi connectivity index (χ0v) is 23.7. The molecule has 39 heavy (non-hydrogen) atoms. The fourth-order valence-corrected chi connectivity index (χ4v) is 5.62. The van der Waals surface area contributed by atoms with Crippen molar-refractivity contribution in [2.45, 2.75) is 52.0 Å². The van der Waals surface area contributed by atoms with Crippen molar-refractivity contribution < 1.29 is 0 Å². The van der Waals surface area contributed by atoms with Crippen molar-refractivity contribution in [2.24, 2.45) is 5.92 Å². The van der Waals surface area contributed by atoms with Gasteiger partial charge in [0.15, 0.2) is 0 Å². The molecule has 0 atom stereocenters. The van der Waals surface area contributed by atoms with Gasteiger partial charge in [0.1, 0.15) is 0 Å². The smallest absolute Gasteiger partial charge is 0.0706 e. The molecule has 1 aliphatic carbocycles. The van der Waals surface area contributed by atoms with Crippen LogP contribution in [0.5, 0.6) is 0 Å². The molecular formula is C36H41N3. The van der Waals surface area contributed by atoms with E-state index < -0.39 is 0 Å². The number of aromatic nitrogens is 1. The lowest BCUT2D eigenvalue weighted by Crippen LogP contribution is -2.27. The Kier molecular flexibility index (Phi) is 8.46. The summed E-state index contributed by atoms with van der Waals surface area (Å²) < 4.78 is 0. The minimum Gasteiger partial charge on any atom is -0.378 e. The third kappa shape index (κ3) is 6.42. The van der Waals surface area contributed by atoms with E-state index in [1.54, 1.807) is 0 Å². The van der Waals surface area contributed by atoms with Crippen LogP contribution in [-0.2, 0) is 13.0 Å². The van der Waals surface area contributed by atoms with Crippen molar-refractivity contribution in [1.82, 2.24) is 4.98 Å². The van der Waals surface area contributed by atoms with Crippen molar-refractivity contribution >= 4 is 11.4 Å². The van der Waals surface area contributed by atoms with Gasteiger partial charge in [-0.05, 0) is 78.3 Å². The summed E-state index contributed by atoms with van der Waals surface area (Å²) in [5, 5.41) is 0. The largest absolute Gasteiger partial charge is 0.378 e. The molecule has 0 amide bonds. The lowest BCUT2D eigenvalue weighted by molar-refractivity contribution is 0.396. The highest BCUT2D eigenvalue weighted by molar-refractivity contribution is 5.68. The number of hydrogen-bond acceptors (Lipinski definition) is 3. The second-order valence-electron chi connectivity index (χ2n) is 11.0. The first kappa shape index (κ1) is 26.7. The Morgan fingerprint density at radius 1 is 0.769 bits per heavy atom. The minimum absolute atomic E-state index is 0.540. The zero-order valence-electron chi connectivity index (χ0n) is 23.7. The van der Waals surface area contributed by atoms with Gasteiger partial charge in [0.25, 0.3) is 0 Å². The molecule has 1 aliphatic rings. The number of rotatable bonds is 9. The van der Waals surface area contributed by atoms with Gasteiger partial charge >= 0.3 is 0 Å². The molecule has 1 fully saturated rings. The first-order valence-corrected chi connectivity index (χ1v) is 14.4. The fraction of sp³-hybridized carbons (Fsp3) is 0.306. The summed E-state index contributed by atoms with van der Waals surface area (Å²) in [4.78, 5) is 9.47. The molecule has 0 radical (unpaired) electrons. The maximum atomic E-state index is 4.89. The summed E-state index contributed by atoms with van der Waals surface area (Å²) in [5.74, 6) is 0.540. The number of anilines is 2. The third-order valence-electron chi connectivity index (χ3n) is 8.06. The van der Waals surface area contributed by atoms with Crippen molar-refractivity contribution in [2.75, 3.05) is 23.9 Å². The van der Waals surface area contributed by atoms with Crippen molar-refractivity contribution in [3.8, 4) is 22.4 Å². The van der Waals surface area contributed by atoms with E-state index in [2.05, 4.69) is 128 Å². The number of pyridine rings is 1. The van der Waals surface area contributed by atoms with Crippen molar-refractivity contribution in [1.29, 1.82) is 0 Å². The van der Waals surface area contributed by atoms with E-state index in [1.165, 1.54) is 65.9 Å². The highest BCUT2D eigenvalue weighted by atomic mass is 15.1. The van der Waals surface area contributed by atoms with Crippen LogP contribution in [0.25, 0.3) is 22.4 Å². The second kappa shape index (κ2) is 12.3. The summed E-state index contributed by atoms with van der Waals surface area (Å²) in [6, 6.07) is 33.0. The van der Waals surface area contributed by atoms with E-state index in [4.69, 9.17) is 4.98 Å². The highest BCUT2D eigenvalue weighted by Crippen LogP contribution is 2.35. The summed E-state index contributed by atoms with van der Waals surface area (Å²) in [7, 11) is 4.15.